The van der Waals surface area contributed by atoms with E-state index in [0.717, 1.165) is 0 Å². The van der Waals surface area contributed by atoms with Crippen molar-refractivity contribution in [3.05, 3.63) is 30.6 Å². The van der Waals surface area contributed by atoms with Crippen molar-refractivity contribution >= 4 is 17.3 Å². The molecule has 0 heterocycles. The summed E-state index contributed by atoms with van der Waals surface area (Å²) in [4.78, 5) is 16.5. The van der Waals surface area contributed by atoms with Crippen LogP contribution in [0, 0.1) is 30.6 Å². The summed E-state index contributed by atoms with van der Waals surface area (Å²) in [6, 6.07) is 0. The van der Waals surface area contributed by atoms with E-state index in [9.17, 15) is 0 Å². The Morgan fingerprint density at radius 3 is 1.00 bits per heavy atom. The molecule has 72 valence electrons. The van der Waals surface area contributed by atoms with E-state index in [4.69, 9.17) is 30.6 Å². The van der Waals surface area contributed by atoms with Crippen molar-refractivity contribution < 1.29 is 37.5 Å². The summed E-state index contributed by atoms with van der Waals surface area (Å²) in [6.07, 6.45) is 0. The molecule has 0 fully saturated rings. The number of nitrogens with zero attached hydrogens (tertiary/aromatic N) is 2. The van der Waals surface area contributed by atoms with Crippen LogP contribution in [-0.4, -0.2) is 15.3 Å². The van der Waals surface area contributed by atoms with Crippen molar-refractivity contribution in [1.29, 1.82) is 0 Å². The molecule has 12 heteroatoms. The van der Waals surface area contributed by atoms with Gasteiger partial charge in [0.25, 0.3) is 0 Å². The second-order valence-corrected chi connectivity index (χ2v) is 1.32. The van der Waals surface area contributed by atoms with Gasteiger partial charge >= 0.3 is 27.3 Å². The second kappa shape index (κ2) is 17.2. The molecule has 0 bridgehead atoms. The average Bonchev–Trinajstić information content (AvgIpc) is 1.54. The molecular weight excluding hydrogens is 309 g/mol. The van der Waals surface area contributed by atoms with Crippen LogP contribution in [0.4, 0.5) is 0 Å². The van der Waals surface area contributed by atoms with Gasteiger partial charge in [-0.05, 0) is 12.2 Å². The summed E-state index contributed by atoms with van der Waals surface area (Å²) in [5.74, 6) is 0. The minimum atomic E-state index is -1.75. The number of nitrogens with two attached hydrogens (primary N) is 2. The summed E-state index contributed by atoms with van der Waals surface area (Å²) in [5, 5.41) is 29.5. The van der Waals surface area contributed by atoms with Crippen LogP contribution < -0.4 is 11.5 Å². The van der Waals surface area contributed by atoms with Gasteiger partial charge in [-0.15, -0.1) is 0 Å². The summed E-state index contributed by atoms with van der Waals surface area (Å²) in [5.41, 5.74) is 9.24. The molecule has 4 N–H and O–H groups in total. The van der Waals surface area contributed by atoms with Crippen molar-refractivity contribution in [2.45, 2.75) is 0 Å². The Kier molecular flexibility index (Phi) is 30.0. The van der Waals surface area contributed by atoms with E-state index in [2.05, 4.69) is 23.7 Å². The smallest absolute Gasteiger partial charge is 0.377 e. The molecule has 0 saturated carbocycles. The van der Waals surface area contributed by atoms with Crippen LogP contribution in [0.5, 0.6) is 0 Å². The minimum Gasteiger partial charge on any atom is -0.377 e. The molecule has 0 aromatic rings. The van der Waals surface area contributed by atoms with Gasteiger partial charge in [0, 0.05) is 0 Å². The van der Waals surface area contributed by atoms with Crippen LogP contribution in [0.25, 0.3) is 0 Å². The van der Waals surface area contributed by atoms with E-state index >= 15 is 0 Å². The topological polar surface area (TPSA) is 184 Å². The molecule has 0 radical (unpaired) electrons. The van der Waals surface area contributed by atoms with E-state index < -0.39 is 10.2 Å². The molecule has 0 aromatic carbocycles. The van der Waals surface area contributed by atoms with Crippen molar-refractivity contribution in [2.24, 2.45) is 11.5 Å². The standard InChI is InChI=1S/CH4N2S.Cd.2NO3/c2-1(3)4;;2*2-1(3)4/h(H4,2,3,4);;;/q;+2;2*-1. The van der Waals surface area contributed by atoms with Crippen LogP contribution in [0.1, 0.15) is 0 Å². The first-order valence-corrected chi connectivity index (χ1v) is 2.29. The summed E-state index contributed by atoms with van der Waals surface area (Å²) in [7, 11) is 0. The van der Waals surface area contributed by atoms with Gasteiger partial charge in [0.05, 0.1) is 10.2 Å². The van der Waals surface area contributed by atoms with Crippen LogP contribution in [0.15, 0.2) is 0 Å². The van der Waals surface area contributed by atoms with Crippen molar-refractivity contribution in [2.75, 3.05) is 0 Å². The fourth-order valence-electron chi connectivity index (χ4n) is 0. The van der Waals surface area contributed by atoms with Gasteiger partial charge in [-0.25, -0.2) is 0 Å². The Morgan fingerprint density at radius 1 is 1.00 bits per heavy atom. The summed E-state index contributed by atoms with van der Waals surface area (Å²) >= 11 is 4.09. The molecule has 10 nitrogen and oxygen atoms in total. The largest absolute Gasteiger partial charge is 2.00 e. The predicted octanol–water partition coefficient (Wildman–Crippen LogP) is -1.29. The summed E-state index contributed by atoms with van der Waals surface area (Å²) < 4.78 is 0. The molecule has 0 atom stereocenters. The van der Waals surface area contributed by atoms with Crippen molar-refractivity contribution in [1.82, 2.24) is 0 Å². The molecule has 0 rings (SSSR count). The van der Waals surface area contributed by atoms with Crippen LogP contribution >= 0.6 is 12.2 Å². The Hall–Kier alpha value is -0.988. The molecule has 0 aromatic heterocycles. The third-order valence-corrected chi connectivity index (χ3v) is 0. The molecule has 0 amide bonds. The molecule has 0 aliphatic rings. The van der Waals surface area contributed by atoms with E-state index in [-0.39, 0.29) is 32.4 Å². The molecule has 13 heavy (non-hydrogen) atoms. The maximum Gasteiger partial charge on any atom is 2.00 e. The number of hydrogen-bond acceptors (Lipinski definition) is 7. The van der Waals surface area contributed by atoms with Gasteiger partial charge in [0.1, 0.15) is 0 Å². The zero-order valence-electron chi connectivity index (χ0n) is 6.11. The second-order valence-electron chi connectivity index (χ2n) is 0.850. The molecular formula is CH4CdN4O6S. The molecule has 0 spiro atoms. The first-order chi connectivity index (χ1) is 5.20. The minimum absolute atomic E-state index is 0. The summed E-state index contributed by atoms with van der Waals surface area (Å²) in [6.45, 7) is 0. The van der Waals surface area contributed by atoms with E-state index in [0.29, 0.717) is 0 Å². The van der Waals surface area contributed by atoms with Gasteiger partial charge in [-0.1, -0.05) is 0 Å². The normalized spacial score (nSPS) is 5.54. The fraction of sp³-hybridized carbons (Fsp3) is 0. The number of rotatable bonds is 0. The zero-order chi connectivity index (χ0) is 10.7. The number of hydrogen-bond donors (Lipinski definition) is 2. The zero-order valence-corrected chi connectivity index (χ0v) is 11.0. The SMILES string of the molecule is NC(N)=S.O=[N+]([O-])[O-].O=[N+]([O-])[O-].[Cd+2]. The van der Waals surface area contributed by atoms with Crippen LogP contribution in [-0.2, 0) is 27.3 Å². The van der Waals surface area contributed by atoms with E-state index in [1.165, 1.54) is 0 Å². The van der Waals surface area contributed by atoms with Gasteiger partial charge in [-0.2, -0.15) is 0 Å². The average molecular weight is 313 g/mol. The van der Waals surface area contributed by atoms with Gasteiger partial charge in [0.15, 0.2) is 5.11 Å². The molecule has 0 aliphatic heterocycles. The van der Waals surface area contributed by atoms with Gasteiger partial charge in [-0.3, -0.25) is 0 Å². The first kappa shape index (κ1) is 22.7. The Balaban J connectivity index is -0.0000000450. The van der Waals surface area contributed by atoms with Crippen LogP contribution in [0.3, 0.4) is 0 Å². The molecule has 0 unspecified atom stereocenters. The van der Waals surface area contributed by atoms with Crippen molar-refractivity contribution in [3.8, 4) is 0 Å². The maximum atomic E-state index is 8.25. The maximum absolute atomic E-state index is 8.25. The molecule has 0 saturated heterocycles. The van der Waals surface area contributed by atoms with E-state index in [1.54, 1.807) is 0 Å². The fourth-order valence-corrected chi connectivity index (χ4v) is 0. The van der Waals surface area contributed by atoms with E-state index in [1.807, 2.05) is 0 Å². The van der Waals surface area contributed by atoms with Crippen molar-refractivity contribution in [3.63, 3.8) is 0 Å². The molecule has 0 aliphatic carbocycles. The third kappa shape index (κ3) is 916. The Bertz CT molecular complexity index is 122. The predicted molar refractivity (Wildman–Crippen MR) is 41.7 cm³/mol. The van der Waals surface area contributed by atoms with Gasteiger partial charge < -0.3 is 42.1 Å². The van der Waals surface area contributed by atoms with Crippen LogP contribution in [0.2, 0.25) is 0 Å². The van der Waals surface area contributed by atoms with Gasteiger partial charge in [0.2, 0.25) is 0 Å². The third-order valence-electron chi connectivity index (χ3n) is 0. The Labute approximate surface area is 96.9 Å². The number of thiocarbonyl (C=S) groups is 1. The monoisotopic (exact) mass is 314 g/mol. The first-order valence-electron chi connectivity index (χ1n) is 1.88. The quantitative estimate of drug-likeness (QED) is 0.237. The Morgan fingerprint density at radius 2 is 1.00 bits per heavy atom.